The van der Waals surface area contributed by atoms with Crippen molar-refractivity contribution >= 4 is 5.91 Å². The molecule has 0 heterocycles. The molecule has 15 heavy (non-hydrogen) atoms. The number of hydrogen-bond donors (Lipinski definition) is 2. The lowest BCUT2D eigenvalue weighted by atomic mass is 10.1. The van der Waals surface area contributed by atoms with Crippen LogP contribution in [0.5, 0.6) is 0 Å². The van der Waals surface area contributed by atoms with E-state index in [0.717, 1.165) is 19.3 Å². The Kier molecular flexibility index (Phi) is 8.33. The third-order valence-electron chi connectivity index (χ3n) is 2.55. The molecule has 0 saturated carbocycles. The summed E-state index contributed by atoms with van der Waals surface area (Å²) < 4.78 is 5.08. The highest BCUT2D eigenvalue weighted by Crippen LogP contribution is 2.02. The van der Waals surface area contributed by atoms with Crippen LogP contribution in [0, 0.1) is 0 Å². The van der Waals surface area contributed by atoms with Crippen molar-refractivity contribution in [1.29, 1.82) is 0 Å². The molecule has 0 aliphatic rings. The summed E-state index contributed by atoms with van der Waals surface area (Å²) >= 11 is 0. The van der Waals surface area contributed by atoms with Crippen LogP contribution in [0.3, 0.4) is 0 Å². The Morgan fingerprint density at radius 2 is 2.13 bits per heavy atom. The zero-order valence-corrected chi connectivity index (χ0v) is 10.1. The first kappa shape index (κ1) is 14.4. The number of nitrogens with one attached hydrogen (secondary N) is 1. The van der Waals surface area contributed by atoms with E-state index in [1.807, 2.05) is 6.92 Å². The third kappa shape index (κ3) is 7.33. The van der Waals surface area contributed by atoms with Crippen LogP contribution in [-0.4, -0.2) is 31.7 Å². The lowest BCUT2D eigenvalue weighted by Crippen LogP contribution is -2.36. The maximum atomic E-state index is 11.5. The van der Waals surface area contributed by atoms with E-state index in [1.54, 1.807) is 7.11 Å². The Morgan fingerprint density at radius 1 is 1.47 bits per heavy atom. The van der Waals surface area contributed by atoms with Crippen LogP contribution in [0.4, 0.5) is 0 Å². The van der Waals surface area contributed by atoms with E-state index in [4.69, 9.17) is 10.5 Å². The second kappa shape index (κ2) is 8.68. The molecule has 90 valence electrons. The highest BCUT2D eigenvalue weighted by atomic mass is 16.5. The topological polar surface area (TPSA) is 64.3 Å². The second-order valence-corrected chi connectivity index (χ2v) is 3.84. The molecule has 0 saturated heterocycles. The van der Waals surface area contributed by atoms with Crippen molar-refractivity contribution in [3.63, 3.8) is 0 Å². The quantitative estimate of drug-likeness (QED) is 0.637. The van der Waals surface area contributed by atoms with Gasteiger partial charge >= 0.3 is 0 Å². The summed E-state index contributed by atoms with van der Waals surface area (Å²) in [6, 6.07) is 0.223. The highest BCUT2D eigenvalue weighted by Gasteiger charge is 2.10. The lowest BCUT2D eigenvalue weighted by molar-refractivity contribution is -0.122. The molecule has 0 rings (SSSR count). The van der Waals surface area contributed by atoms with E-state index in [9.17, 15) is 4.79 Å². The maximum absolute atomic E-state index is 11.5. The predicted molar refractivity (Wildman–Crippen MR) is 61.6 cm³/mol. The van der Waals surface area contributed by atoms with Gasteiger partial charge in [0, 0.05) is 19.6 Å². The van der Waals surface area contributed by atoms with Crippen molar-refractivity contribution in [2.75, 3.05) is 13.7 Å². The van der Waals surface area contributed by atoms with Crippen LogP contribution < -0.4 is 11.1 Å². The summed E-state index contributed by atoms with van der Waals surface area (Å²) in [4.78, 5) is 11.5. The molecule has 0 fully saturated rings. The van der Waals surface area contributed by atoms with Gasteiger partial charge in [-0.05, 0) is 32.7 Å². The molecular formula is C11H24N2O2. The Labute approximate surface area is 92.6 Å². The van der Waals surface area contributed by atoms with Gasteiger partial charge in [0.05, 0.1) is 6.10 Å². The molecule has 0 spiro atoms. The fraction of sp³-hybridized carbons (Fsp3) is 0.909. The van der Waals surface area contributed by atoms with Crippen molar-refractivity contribution in [2.24, 2.45) is 5.73 Å². The molecule has 0 aromatic rings. The summed E-state index contributed by atoms with van der Waals surface area (Å²) in [5.74, 6) is 0.0965. The molecule has 0 aliphatic heterocycles. The van der Waals surface area contributed by atoms with Gasteiger partial charge in [0.15, 0.2) is 0 Å². The van der Waals surface area contributed by atoms with Crippen molar-refractivity contribution in [3.8, 4) is 0 Å². The molecule has 0 aromatic heterocycles. The van der Waals surface area contributed by atoms with E-state index in [1.165, 1.54) is 0 Å². The number of nitrogens with two attached hydrogens (primary N) is 1. The fourth-order valence-electron chi connectivity index (χ4n) is 1.33. The molecule has 4 heteroatoms. The number of rotatable bonds is 8. The Bertz CT molecular complexity index is 174. The molecule has 0 radical (unpaired) electrons. The summed E-state index contributed by atoms with van der Waals surface area (Å²) in [7, 11) is 1.66. The van der Waals surface area contributed by atoms with Gasteiger partial charge in [-0.25, -0.2) is 0 Å². The summed E-state index contributed by atoms with van der Waals surface area (Å²) in [6.45, 7) is 4.64. The molecule has 3 N–H and O–H groups in total. The van der Waals surface area contributed by atoms with Crippen molar-refractivity contribution < 1.29 is 9.53 Å². The van der Waals surface area contributed by atoms with Crippen LogP contribution in [0.1, 0.15) is 39.5 Å². The molecule has 0 aliphatic carbocycles. The molecule has 1 amide bonds. The minimum absolute atomic E-state index is 0.0965. The van der Waals surface area contributed by atoms with Gasteiger partial charge in [-0.15, -0.1) is 0 Å². The Morgan fingerprint density at radius 3 is 2.60 bits per heavy atom. The van der Waals surface area contributed by atoms with E-state index >= 15 is 0 Å². The van der Waals surface area contributed by atoms with Crippen LogP contribution in [0.15, 0.2) is 0 Å². The molecule has 0 bridgehead atoms. The number of ether oxygens (including phenoxy) is 1. The van der Waals surface area contributed by atoms with Gasteiger partial charge in [0.1, 0.15) is 0 Å². The number of methoxy groups -OCH3 is 1. The molecule has 2 unspecified atom stereocenters. The van der Waals surface area contributed by atoms with E-state index < -0.39 is 0 Å². The molecular weight excluding hydrogens is 192 g/mol. The van der Waals surface area contributed by atoms with Crippen LogP contribution in [0.25, 0.3) is 0 Å². The third-order valence-corrected chi connectivity index (χ3v) is 2.55. The lowest BCUT2D eigenvalue weighted by Gasteiger charge is -2.16. The Hall–Kier alpha value is -0.610. The predicted octanol–water partition coefficient (Wildman–Crippen LogP) is 1.05. The highest BCUT2D eigenvalue weighted by molar-refractivity contribution is 5.76. The van der Waals surface area contributed by atoms with Gasteiger partial charge in [-0.3, -0.25) is 4.79 Å². The summed E-state index contributed by atoms with van der Waals surface area (Å²) in [5, 5.41) is 2.97. The number of carbonyl (C=O) groups is 1. The molecule has 4 nitrogen and oxygen atoms in total. The minimum Gasteiger partial charge on any atom is -0.382 e. The van der Waals surface area contributed by atoms with Gasteiger partial charge in [0.2, 0.25) is 5.91 Å². The fourth-order valence-corrected chi connectivity index (χ4v) is 1.33. The SMILES string of the molecule is CCC(CCN)NC(=O)CCC(C)OC. The second-order valence-electron chi connectivity index (χ2n) is 3.84. The zero-order chi connectivity index (χ0) is 11.7. The van der Waals surface area contributed by atoms with E-state index in [-0.39, 0.29) is 18.1 Å². The van der Waals surface area contributed by atoms with Crippen LogP contribution in [0.2, 0.25) is 0 Å². The standard InChI is InChI=1S/C11H24N2O2/c1-4-10(7-8-12)13-11(14)6-5-9(2)15-3/h9-10H,4-8,12H2,1-3H3,(H,13,14). The first-order chi connectivity index (χ1) is 7.13. The van der Waals surface area contributed by atoms with Gasteiger partial charge in [-0.1, -0.05) is 6.92 Å². The van der Waals surface area contributed by atoms with Gasteiger partial charge in [-0.2, -0.15) is 0 Å². The van der Waals surface area contributed by atoms with Gasteiger partial charge < -0.3 is 15.8 Å². The first-order valence-electron chi connectivity index (χ1n) is 5.66. The first-order valence-corrected chi connectivity index (χ1v) is 5.66. The number of hydrogen-bond acceptors (Lipinski definition) is 3. The molecule has 2 atom stereocenters. The van der Waals surface area contributed by atoms with Crippen molar-refractivity contribution in [2.45, 2.75) is 51.7 Å². The van der Waals surface area contributed by atoms with Crippen molar-refractivity contribution in [3.05, 3.63) is 0 Å². The van der Waals surface area contributed by atoms with Gasteiger partial charge in [0.25, 0.3) is 0 Å². The Balaban J connectivity index is 3.70. The normalized spacial score (nSPS) is 14.7. The van der Waals surface area contributed by atoms with Crippen molar-refractivity contribution in [1.82, 2.24) is 5.32 Å². The monoisotopic (exact) mass is 216 g/mol. The van der Waals surface area contributed by atoms with E-state index in [2.05, 4.69) is 12.2 Å². The summed E-state index contributed by atoms with van der Waals surface area (Å²) in [5.41, 5.74) is 5.45. The average Bonchev–Trinajstić information content (AvgIpc) is 2.25. The van der Waals surface area contributed by atoms with E-state index in [0.29, 0.717) is 13.0 Å². The number of amides is 1. The van der Waals surface area contributed by atoms with Crippen LogP contribution >= 0.6 is 0 Å². The number of carbonyl (C=O) groups excluding carboxylic acids is 1. The average molecular weight is 216 g/mol. The zero-order valence-electron chi connectivity index (χ0n) is 10.1. The minimum atomic E-state index is 0.0965. The largest absolute Gasteiger partial charge is 0.382 e. The molecule has 0 aromatic carbocycles. The maximum Gasteiger partial charge on any atom is 0.220 e. The smallest absolute Gasteiger partial charge is 0.220 e. The van der Waals surface area contributed by atoms with Crippen LogP contribution in [-0.2, 0) is 9.53 Å². The summed E-state index contributed by atoms with van der Waals surface area (Å²) in [6.07, 6.45) is 3.22.